The Morgan fingerprint density at radius 2 is 2.21 bits per heavy atom. The third-order valence-corrected chi connectivity index (χ3v) is 4.01. The summed E-state index contributed by atoms with van der Waals surface area (Å²) in [4.78, 5) is 1.37. The van der Waals surface area contributed by atoms with E-state index in [-0.39, 0.29) is 0 Å². The zero-order valence-corrected chi connectivity index (χ0v) is 10.6. The molecule has 2 unspecified atom stereocenters. The number of hydrogen-bond donors (Lipinski definition) is 1. The number of thiophene rings is 1. The summed E-state index contributed by atoms with van der Waals surface area (Å²) in [5.41, 5.74) is 0. The Bertz CT molecular complexity index is 272. The van der Waals surface area contributed by atoms with Gasteiger partial charge < -0.3 is 5.32 Å². The maximum atomic E-state index is 5.90. The highest BCUT2D eigenvalue weighted by molar-refractivity contribution is 7.16. The van der Waals surface area contributed by atoms with Crippen molar-refractivity contribution in [3.05, 3.63) is 21.3 Å². The van der Waals surface area contributed by atoms with Gasteiger partial charge >= 0.3 is 0 Å². The van der Waals surface area contributed by atoms with Gasteiger partial charge in [-0.15, -0.1) is 11.3 Å². The van der Waals surface area contributed by atoms with Crippen molar-refractivity contribution in [2.24, 2.45) is 5.92 Å². The van der Waals surface area contributed by atoms with Crippen LogP contribution in [0.25, 0.3) is 0 Å². The predicted octanol–water partition coefficient (Wildman–Crippen LogP) is 3.58. The summed E-state index contributed by atoms with van der Waals surface area (Å²) in [6.45, 7) is 4.52. The zero-order valence-electron chi connectivity index (χ0n) is 9.01. The first-order valence-electron chi connectivity index (χ1n) is 5.08. The standard InChI is InChI=1S/C11H18ClNS/c1-4-8(2)10(13-3)7-9-5-6-11(12)14-9/h5-6,8,10,13H,4,7H2,1-3H3. The second-order valence-corrected chi connectivity index (χ2v) is 5.49. The molecule has 80 valence electrons. The highest BCUT2D eigenvalue weighted by Crippen LogP contribution is 2.24. The van der Waals surface area contributed by atoms with Crippen LogP contribution in [0.5, 0.6) is 0 Å². The Hall–Kier alpha value is -0.0500. The average molecular weight is 232 g/mol. The first kappa shape index (κ1) is 12.0. The SMILES string of the molecule is CCC(C)C(Cc1ccc(Cl)s1)NC. The lowest BCUT2D eigenvalue weighted by Crippen LogP contribution is -2.33. The van der Waals surface area contributed by atoms with Crippen molar-refractivity contribution in [3.8, 4) is 0 Å². The first-order chi connectivity index (χ1) is 6.67. The fraction of sp³-hybridized carbons (Fsp3) is 0.636. The molecule has 0 spiro atoms. The van der Waals surface area contributed by atoms with E-state index in [0.717, 1.165) is 10.8 Å². The highest BCUT2D eigenvalue weighted by atomic mass is 35.5. The van der Waals surface area contributed by atoms with Gasteiger partial charge in [-0.05, 0) is 31.5 Å². The number of halogens is 1. The molecule has 14 heavy (non-hydrogen) atoms. The van der Waals surface area contributed by atoms with Gasteiger partial charge in [-0.3, -0.25) is 0 Å². The fourth-order valence-electron chi connectivity index (χ4n) is 1.55. The highest BCUT2D eigenvalue weighted by Gasteiger charge is 2.14. The number of rotatable bonds is 5. The van der Waals surface area contributed by atoms with E-state index in [2.05, 4.69) is 25.2 Å². The molecule has 0 fully saturated rings. The van der Waals surface area contributed by atoms with E-state index >= 15 is 0 Å². The van der Waals surface area contributed by atoms with E-state index < -0.39 is 0 Å². The van der Waals surface area contributed by atoms with Gasteiger partial charge in [0.25, 0.3) is 0 Å². The molecular weight excluding hydrogens is 214 g/mol. The summed E-state index contributed by atoms with van der Waals surface area (Å²) in [6.07, 6.45) is 2.30. The van der Waals surface area contributed by atoms with Crippen molar-refractivity contribution >= 4 is 22.9 Å². The normalized spacial score (nSPS) is 15.4. The average Bonchev–Trinajstić information content (AvgIpc) is 2.59. The summed E-state index contributed by atoms with van der Waals surface area (Å²) < 4.78 is 0.888. The molecule has 0 aliphatic carbocycles. The maximum absolute atomic E-state index is 5.90. The van der Waals surface area contributed by atoms with Crippen LogP contribution < -0.4 is 5.32 Å². The molecule has 0 radical (unpaired) electrons. The molecule has 0 aromatic carbocycles. The van der Waals surface area contributed by atoms with Crippen LogP contribution in [0.3, 0.4) is 0 Å². The van der Waals surface area contributed by atoms with E-state index in [4.69, 9.17) is 11.6 Å². The Morgan fingerprint density at radius 3 is 2.64 bits per heavy atom. The summed E-state index contributed by atoms with van der Waals surface area (Å²) >= 11 is 7.58. The molecule has 0 saturated carbocycles. The van der Waals surface area contributed by atoms with Gasteiger partial charge in [0.05, 0.1) is 4.34 Å². The van der Waals surface area contributed by atoms with Crippen LogP contribution in [0.4, 0.5) is 0 Å². The van der Waals surface area contributed by atoms with Crippen molar-refractivity contribution in [1.29, 1.82) is 0 Å². The molecule has 3 heteroatoms. The molecule has 0 bridgehead atoms. The van der Waals surface area contributed by atoms with E-state index in [1.54, 1.807) is 11.3 Å². The molecule has 0 saturated heterocycles. The van der Waals surface area contributed by atoms with Crippen molar-refractivity contribution in [2.75, 3.05) is 7.05 Å². The third kappa shape index (κ3) is 3.26. The largest absolute Gasteiger partial charge is 0.316 e. The van der Waals surface area contributed by atoms with Crippen molar-refractivity contribution < 1.29 is 0 Å². The molecule has 0 aliphatic heterocycles. The Kier molecular flexibility index (Phi) is 4.93. The van der Waals surface area contributed by atoms with Crippen molar-refractivity contribution in [1.82, 2.24) is 5.32 Å². The molecule has 2 atom stereocenters. The number of hydrogen-bond acceptors (Lipinski definition) is 2. The van der Waals surface area contributed by atoms with Crippen LogP contribution in [-0.2, 0) is 6.42 Å². The molecule has 1 aromatic heterocycles. The van der Waals surface area contributed by atoms with E-state index in [1.165, 1.54) is 11.3 Å². The smallest absolute Gasteiger partial charge is 0.0931 e. The van der Waals surface area contributed by atoms with Crippen LogP contribution in [0.15, 0.2) is 12.1 Å². The van der Waals surface area contributed by atoms with Gasteiger partial charge in [-0.25, -0.2) is 0 Å². The van der Waals surface area contributed by atoms with Crippen LogP contribution in [0, 0.1) is 5.92 Å². The quantitative estimate of drug-likeness (QED) is 0.817. The second kappa shape index (κ2) is 5.74. The number of likely N-dealkylation sites (N-methyl/N-ethyl adjacent to an activating group) is 1. The summed E-state index contributed by atoms with van der Waals surface area (Å²) in [5, 5.41) is 3.37. The monoisotopic (exact) mass is 231 g/mol. The molecular formula is C11H18ClNS. The third-order valence-electron chi connectivity index (χ3n) is 2.75. The van der Waals surface area contributed by atoms with E-state index in [1.807, 2.05) is 13.1 Å². The molecule has 1 aromatic rings. The minimum atomic E-state index is 0.565. The number of nitrogens with one attached hydrogen (secondary N) is 1. The first-order valence-corrected chi connectivity index (χ1v) is 6.28. The molecule has 1 N–H and O–H groups in total. The molecule has 1 nitrogen and oxygen atoms in total. The van der Waals surface area contributed by atoms with Crippen LogP contribution >= 0.6 is 22.9 Å². The lowest BCUT2D eigenvalue weighted by atomic mass is 9.96. The molecule has 0 aliphatic rings. The maximum Gasteiger partial charge on any atom is 0.0931 e. The van der Waals surface area contributed by atoms with E-state index in [9.17, 15) is 0 Å². The van der Waals surface area contributed by atoms with Gasteiger partial charge in [0.2, 0.25) is 0 Å². The van der Waals surface area contributed by atoms with Gasteiger partial charge in [0, 0.05) is 10.9 Å². The van der Waals surface area contributed by atoms with Gasteiger partial charge in [0.15, 0.2) is 0 Å². The summed E-state index contributed by atoms with van der Waals surface area (Å²) in [7, 11) is 2.03. The van der Waals surface area contributed by atoms with Crippen LogP contribution in [0.2, 0.25) is 4.34 Å². The van der Waals surface area contributed by atoms with Crippen molar-refractivity contribution in [2.45, 2.75) is 32.7 Å². The second-order valence-electron chi connectivity index (χ2n) is 3.69. The summed E-state index contributed by atoms with van der Waals surface area (Å²) in [5.74, 6) is 0.709. The fourth-order valence-corrected chi connectivity index (χ4v) is 2.70. The topological polar surface area (TPSA) is 12.0 Å². The van der Waals surface area contributed by atoms with Gasteiger partial charge in [-0.2, -0.15) is 0 Å². The molecule has 1 rings (SSSR count). The Morgan fingerprint density at radius 1 is 1.50 bits per heavy atom. The zero-order chi connectivity index (χ0) is 10.6. The Balaban J connectivity index is 2.56. The summed E-state index contributed by atoms with van der Waals surface area (Å²) in [6, 6.07) is 4.67. The molecule has 0 amide bonds. The van der Waals surface area contributed by atoms with Crippen LogP contribution in [0.1, 0.15) is 25.1 Å². The molecule has 1 heterocycles. The lowest BCUT2D eigenvalue weighted by molar-refractivity contribution is 0.388. The van der Waals surface area contributed by atoms with Gasteiger partial charge in [-0.1, -0.05) is 31.9 Å². The van der Waals surface area contributed by atoms with Crippen molar-refractivity contribution in [3.63, 3.8) is 0 Å². The van der Waals surface area contributed by atoms with E-state index in [0.29, 0.717) is 12.0 Å². The van der Waals surface area contributed by atoms with Crippen LogP contribution in [-0.4, -0.2) is 13.1 Å². The lowest BCUT2D eigenvalue weighted by Gasteiger charge is -2.21. The van der Waals surface area contributed by atoms with Gasteiger partial charge in [0.1, 0.15) is 0 Å². The minimum absolute atomic E-state index is 0.565. The Labute approximate surface area is 95.5 Å². The predicted molar refractivity (Wildman–Crippen MR) is 65.3 cm³/mol. The minimum Gasteiger partial charge on any atom is -0.316 e.